The Morgan fingerprint density at radius 3 is 2.05 bits per heavy atom. The Labute approximate surface area is 218 Å². The van der Waals surface area contributed by atoms with Crippen LogP contribution in [0.1, 0.15) is 30.4 Å². The van der Waals surface area contributed by atoms with Crippen molar-refractivity contribution in [1.29, 1.82) is 0 Å². The first-order chi connectivity index (χ1) is 18.2. The van der Waals surface area contributed by atoms with Gasteiger partial charge in [0.15, 0.2) is 0 Å². The van der Waals surface area contributed by atoms with Gasteiger partial charge >= 0.3 is 0 Å². The van der Waals surface area contributed by atoms with Gasteiger partial charge < -0.3 is 14.5 Å². The maximum absolute atomic E-state index is 13.4. The number of nitrogens with zero attached hydrogens (tertiary/aromatic N) is 4. The fourth-order valence-electron chi connectivity index (χ4n) is 4.85. The molecule has 0 bridgehead atoms. The van der Waals surface area contributed by atoms with Crippen molar-refractivity contribution in [3.63, 3.8) is 0 Å². The van der Waals surface area contributed by atoms with Gasteiger partial charge in [0.2, 0.25) is 5.91 Å². The topological polar surface area (TPSA) is 58.6 Å². The summed E-state index contributed by atoms with van der Waals surface area (Å²) in [4.78, 5) is 26.6. The maximum atomic E-state index is 13.4. The summed E-state index contributed by atoms with van der Waals surface area (Å²) in [5, 5.41) is 0. The fraction of sp³-hybridized carbons (Fsp3) is 0.258. The Balaban J connectivity index is 1.23. The highest BCUT2D eigenvalue weighted by Crippen LogP contribution is 2.29. The number of hydrogen-bond donors (Lipinski definition) is 0. The smallest absolute Gasteiger partial charge is 0.223 e. The second-order valence-electron chi connectivity index (χ2n) is 9.16. The second kappa shape index (κ2) is 11.7. The van der Waals surface area contributed by atoms with Crippen LogP contribution in [0.15, 0.2) is 97.3 Å². The third kappa shape index (κ3) is 5.97. The van der Waals surface area contributed by atoms with Crippen LogP contribution in [0.2, 0.25) is 0 Å². The minimum absolute atomic E-state index is 0.0477. The van der Waals surface area contributed by atoms with E-state index in [9.17, 15) is 4.79 Å². The van der Waals surface area contributed by atoms with Gasteiger partial charge in [-0.05, 0) is 42.3 Å². The zero-order valence-corrected chi connectivity index (χ0v) is 21.2. The number of amides is 1. The summed E-state index contributed by atoms with van der Waals surface area (Å²) in [6, 6.07) is 30.6. The molecule has 37 heavy (non-hydrogen) atoms. The molecule has 1 amide bonds. The molecule has 6 heteroatoms. The van der Waals surface area contributed by atoms with Crippen LogP contribution in [0, 0.1) is 0 Å². The Bertz CT molecular complexity index is 1250. The predicted molar refractivity (Wildman–Crippen MR) is 147 cm³/mol. The number of carbonyl (C=O) groups excluding carboxylic acids is 1. The molecule has 0 spiro atoms. The molecular formula is C31H32N4O2. The van der Waals surface area contributed by atoms with Gasteiger partial charge in [0.25, 0.3) is 0 Å². The van der Waals surface area contributed by atoms with Gasteiger partial charge in [-0.2, -0.15) is 0 Å². The molecule has 1 aliphatic rings. The van der Waals surface area contributed by atoms with E-state index in [1.165, 1.54) is 11.1 Å². The number of ether oxygens (including phenoxy) is 1. The number of carbonyl (C=O) groups is 1. The molecule has 1 aromatic heterocycles. The normalized spacial score (nSPS) is 13.6. The quantitative estimate of drug-likeness (QED) is 0.329. The van der Waals surface area contributed by atoms with Crippen molar-refractivity contribution >= 4 is 11.7 Å². The molecule has 0 aliphatic carbocycles. The number of aromatic nitrogens is 2. The minimum atomic E-state index is 0.0477. The van der Waals surface area contributed by atoms with E-state index in [4.69, 9.17) is 4.74 Å². The zero-order valence-electron chi connectivity index (χ0n) is 21.2. The lowest BCUT2D eigenvalue weighted by molar-refractivity contribution is -0.131. The number of benzene rings is 3. The Morgan fingerprint density at radius 2 is 1.46 bits per heavy atom. The molecule has 6 nitrogen and oxygen atoms in total. The Morgan fingerprint density at radius 1 is 0.838 bits per heavy atom. The van der Waals surface area contributed by atoms with E-state index >= 15 is 0 Å². The second-order valence-corrected chi connectivity index (χ2v) is 9.16. The standard InChI is InChI=1S/C31H32N4O2/c1-2-37-27-15-13-26(14-16-27)29-22-30(33-23-32-29)34-17-19-35(20-18-34)31(36)21-28(24-9-5-3-6-10-24)25-11-7-4-8-12-25/h3-16,22-23,28H,2,17-21H2,1H3. The van der Waals surface area contributed by atoms with Gasteiger partial charge in [0.1, 0.15) is 17.9 Å². The van der Waals surface area contributed by atoms with Gasteiger partial charge in [-0.25, -0.2) is 9.97 Å². The lowest BCUT2D eigenvalue weighted by atomic mass is 9.88. The van der Waals surface area contributed by atoms with Crippen molar-refractivity contribution in [2.75, 3.05) is 37.7 Å². The van der Waals surface area contributed by atoms with Gasteiger partial charge in [0, 0.05) is 50.1 Å². The third-order valence-electron chi connectivity index (χ3n) is 6.85. The van der Waals surface area contributed by atoms with Crippen LogP contribution in [-0.4, -0.2) is 53.6 Å². The lowest BCUT2D eigenvalue weighted by Gasteiger charge is -2.36. The fourth-order valence-corrected chi connectivity index (χ4v) is 4.85. The highest BCUT2D eigenvalue weighted by Gasteiger charge is 2.26. The lowest BCUT2D eigenvalue weighted by Crippen LogP contribution is -2.49. The van der Waals surface area contributed by atoms with E-state index in [1.807, 2.05) is 78.6 Å². The van der Waals surface area contributed by atoms with Crippen LogP contribution >= 0.6 is 0 Å². The molecule has 4 aromatic rings. The van der Waals surface area contributed by atoms with Crippen LogP contribution in [-0.2, 0) is 4.79 Å². The van der Waals surface area contributed by atoms with E-state index < -0.39 is 0 Å². The summed E-state index contributed by atoms with van der Waals surface area (Å²) in [7, 11) is 0. The van der Waals surface area contributed by atoms with Gasteiger partial charge in [-0.15, -0.1) is 0 Å². The number of hydrogen-bond acceptors (Lipinski definition) is 5. The van der Waals surface area contributed by atoms with Crippen LogP contribution in [0.3, 0.4) is 0 Å². The van der Waals surface area contributed by atoms with Gasteiger partial charge in [-0.3, -0.25) is 4.79 Å². The molecule has 188 valence electrons. The highest BCUT2D eigenvalue weighted by molar-refractivity contribution is 5.78. The molecule has 0 atom stereocenters. The number of rotatable bonds is 8. The first kappa shape index (κ1) is 24.5. The largest absolute Gasteiger partial charge is 0.494 e. The average molecular weight is 493 g/mol. The predicted octanol–water partition coefficient (Wildman–Crippen LogP) is 5.41. The van der Waals surface area contributed by atoms with Crippen LogP contribution in [0.4, 0.5) is 5.82 Å². The van der Waals surface area contributed by atoms with Crippen molar-refractivity contribution < 1.29 is 9.53 Å². The molecule has 1 aliphatic heterocycles. The Hall–Kier alpha value is -4.19. The molecule has 3 aromatic carbocycles. The van der Waals surface area contributed by atoms with Crippen molar-refractivity contribution in [3.8, 4) is 17.0 Å². The van der Waals surface area contributed by atoms with Crippen LogP contribution < -0.4 is 9.64 Å². The van der Waals surface area contributed by atoms with Crippen molar-refractivity contribution in [3.05, 3.63) is 108 Å². The minimum Gasteiger partial charge on any atom is -0.494 e. The molecule has 2 heterocycles. The number of anilines is 1. The van der Waals surface area contributed by atoms with E-state index in [2.05, 4.69) is 39.1 Å². The molecule has 1 fully saturated rings. The van der Waals surface area contributed by atoms with Crippen LogP contribution in [0.5, 0.6) is 5.75 Å². The maximum Gasteiger partial charge on any atom is 0.223 e. The summed E-state index contributed by atoms with van der Waals surface area (Å²) >= 11 is 0. The van der Waals surface area contributed by atoms with E-state index in [-0.39, 0.29) is 11.8 Å². The molecule has 0 saturated carbocycles. The molecule has 5 rings (SSSR count). The van der Waals surface area contributed by atoms with Gasteiger partial charge in [-0.1, -0.05) is 60.7 Å². The number of piperazine rings is 1. The summed E-state index contributed by atoms with van der Waals surface area (Å²) < 4.78 is 5.55. The summed E-state index contributed by atoms with van der Waals surface area (Å²) in [6.45, 7) is 5.46. The monoisotopic (exact) mass is 492 g/mol. The van der Waals surface area contributed by atoms with E-state index in [0.717, 1.165) is 35.9 Å². The van der Waals surface area contributed by atoms with Crippen molar-refractivity contribution in [1.82, 2.24) is 14.9 Å². The highest BCUT2D eigenvalue weighted by atomic mass is 16.5. The first-order valence-corrected chi connectivity index (χ1v) is 12.9. The summed E-state index contributed by atoms with van der Waals surface area (Å²) in [5.41, 5.74) is 4.24. The van der Waals surface area contributed by atoms with Crippen molar-refractivity contribution in [2.45, 2.75) is 19.3 Å². The summed E-state index contributed by atoms with van der Waals surface area (Å²) in [6.07, 6.45) is 2.08. The molecular weight excluding hydrogens is 460 g/mol. The van der Waals surface area contributed by atoms with Crippen molar-refractivity contribution in [2.24, 2.45) is 0 Å². The van der Waals surface area contributed by atoms with E-state index in [1.54, 1.807) is 6.33 Å². The average Bonchev–Trinajstić information content (AvgIpc) is 2.97. The Kier molecular flexibility index (Phi) is 7.75. The molecule has 0 N–H and O–H groups in total. The molecule has 0 unspecified atom stereocenters. The van der Waals surface area contributed by atoms with Gasteiger partial charge in [0.05, 0.1) is 12.3 Å². The first-order valence-electron chi connectivity index (χ1n) is 12.9. The summed E-state index contributed by atoms with van der Waals surface area (Å²) in [5.74, 6) is 1.97. The SMILES string of the molecule is CCOc1ccc(-c2cc(N3CCN(C(=O)CC(c4ccccc4)c4ccccc4)CC3)ncn2)cc1. The zero-order chi connectivity index (χ0) is 25.5. The third-order valence-corrected chi connectivity index (χ3v) is 6.85. The molecule has 1 saturated heterocycles. The van der Waals surface area contributed by atoms with E-state index in [0.29, 0.717) is 26.1 Å². The molecule has 0 radical (unpaired) electrons. The van der Waals surface area contributed by atoms with Crippen LogP contribution in [0.25, 0.3) is 11.3 Å².